The van der Waals surface area contributed by atoms with Crippen LogP contribution in [-0.4, -0.2) is 47.9 Å². The molecule has 0 bridgehead atoms. The zero-order valence-corrected chi connectivity index (χ0v) is 15.6. The topological polar surface area (TPSA) is 80.1 Å². The van der Waals surface area contributed by atoms with Crippen molar-refractivity contribution < 1.29 is 9.59 Å². The van der Waals surface area contributed by atoms with E-state index in [1.807, 2.05) is 29.8 Å². The third kappa shape index (κ3) is 2.88. The second kappa shape index (κ2) is 6.42. The summed E-state index contributed by atoms with van der Waals surface area (Å²) in [7, 11) is 0. The van der Waals surface area contributed by atoms with Gasteiger partial charge < -0.3 is 10.2 Å². The molecule has 2 fully saturated rings. The van der Waals surface area contributed by atoms with Gasteiger partial charge in [-0.25, -0.2) is 9.97 Å². The van der Waals surface area contributed by atoms with Gasteiger partial charge in [-0.15, -0.1) is 11.8 Å². The molecule has 2 saturated heterocycles. The second-order valence-corrected chi connectivity index (χ2v) is 8.35. The molecule has 1 N–H and O–H groups in total. The van der Waals surface area contributed by atoms with Crippen molar-refractivity contribution in [3.05, 3.63) is 42.1 Å². The fourth-order valence-corrected chi connectivity index (χ4v) is 5.08. The SMILES string of the molecule is Cc1nccn1-c1cc(CNC(=O)[C@H]2CS[C@]3(C)CCC(=O)N23)ccn1. The molecule has 2 atom stereocenters. The van der Waals surface area contributed by atoms with E-state index in [1.165, 1.54) is 0 Å². The Morgan fingerprint density at radius 1 is 1.42 bits per heavy atom. The van der Waals surface area contributed by atoms with Crippen LogP contribution < -0.4 is 5.32 Å². The monoisotopic (exact) mass is 371 g/mol. The Bertz CT molecular complexity index is 867. The van der Waals surface area contributed by atoms with Crippen molar-refractivity contribution in [1.29, 1.82) is 0 Å². The summed E-state index contributed by atoms with van der Waals surface area (Å²) in [6, 6.07) is 3.44. The minimum Gasteiger partial charge on any atom is -0.350 e. The molecule has 0 spiro atoms. The van der Waals surface area contributed by atoms with Crippen molar-refractivity contribution in [2.45, 2.75) is 44.1 Å². The van der Waals surface area contributed by atoms with E-state index in [4.69, 9.17) is 0 Å². The van der Waals surface area contributed by atoms with Gasteiger partial charge in [0.05, 0.1) is 4.87 Å². The Balaban J connectivity index is 1.44. The van der Waals surface area contributed by atoms with E-state index in [1.54, 1.807) is 29.1 Å². The predicted octanol–water partition coefficient (Wildman–Crippen LogP) is 1.65. The highest BCUT2D eigenvalue weighted by atomic mass is 32.2. The van der Waals surface area contributed by atoms with E-state index >= 15 is 0 Å². The smallest absolute Gasteiger partial charge is 0.243 e. The number of pyridine rings is 1. The molecule has 0 aromatic carbocycles. The molecular weight excluding hydrogens is 350 g/mol. The molecule has 0 aliphatic carbocycles. The predicted molar refractivity (Wildman–Crippen MR) is 98.7 cm³/mol. The Hall–Kier alpha value is -2.35. The van der Waals surface area contributed by atoms with Crippen LogP contribution in [0.1, 0.15) is 31.2 Å². The van der Waals surface area contributed by atoms with Gasteiger partial charge in [-0.05, 0) is 38.0 Å². The first-order chi connectivity index (χ1) is 12.5. The van der Waals surface area contributed by atoms with Crippen molar-refractivity contribution in [2.24, 2.45) is 0 Å². The zero-order chi connectivity index (χ0) is 18.3. The molecule has 2 aliphatic heterocycles. The number of nitrogens with one attached hydrogen (secondary N) is 1. The summed E-state index contributed by atoms with van der Waals surface area (Å²) in [6.45, 7) is 4.37. The van der Waals surface area contributed by atoms with Crippen molar-refractivity contribution in [3.63, 3.8) is 0 Å². The largest absolute Gasteiger partial charge is 0.350 e. The van der Waals surface area contributed by atoms with Crippen LogP contribution in [0.5, 0.6) is 0 Å². The van der Waals surface area contributed by atoms with Crippen molar-refractivity contribution in [1.82, 2.24) is 24.8 Å². The average molecular weight is 371 g/mol. The van der Waals surface area contributed by atoms with Gasteiger partial charge in [0.25, 0.3) is 0 Å². The molecule has 2 aromatic rings. The Kier molecular flexibility index (Phi) is 4.22. The van der Waals surface area contributed by atoms with Gasteiger partial charge >= 0.3 is 0 Å². The van der Waals surface area contributed by atoms with Crippen LogP contribution in [-0.2, 0) is 16.1 Å². The van der Waals surface area contributed by atoms with Crippen molar-refractivity contribution in [3.8, 4) is 5.82 Å². The highest BCUT2D eigenvalue weighted by Crippen LogP contribution is 2.47. The Labute approximate surface area is 156 Å². The number of nitrogens with zero attached hydrogens (tertiary/aromatic N) is 4. The summed E-state index contributed by atoms with van der Waals surface area (Å²) in [5, 5.41) is 2.98. The van der Waals surface area contributed by atoms with Gasteiger partial charge in [-0.3, -0.25) is 14.2 Å². The highest BCUT2D eigenvalue weighted by molar-refractivity contribution is 8.01. The van der Waals surface area contributed by atoms with E-state index in [2.05, 4.69) is 22.2 Å². The number of aryl methyl sites for hydroxylation is 1. The summed E-state index contributed by atoms with van der Waals surface area (Å²) in [5.74, 6) is 2.27. The maximum absolute atomic E-state index is 12.7. The molecule has 4 heterocycles. The number of imidazole rings is 1. The average Bonchev–Trinajstić information content (AvgIpc) is 3.29. The van der Waals surface area contributed by atoms with Crippen LogP contribution in [0.3, 0.4) is 0 Å². The Morgan fingerprint density at radius 3 is 3.04 bits per heavy atom. The van der Waals surface area contributed by atoms with Crippen LogP contribution in [0, 0.1) is 6.92 Å². The maximum atomic E-state index is 12.7. The van der Waals surface area contributed by atoms with Crippen LogP contribution in [0.4, 0.5) is 0 Å². The molecule has 2 aliphatic rings. The molecule has 0 saturated carbocycles. The number of thioether (sulfide) groups is 1. The number of carbonyl (C=O) groups is 2. The van der Waals surface area contributed by atoms with Gasteiger partial charge in [0, 0.05) is 37.3 Å². The lowest BCUT2D eigenvalue weighted by Crippen LogP contribution is -2.49. The third-order valence-electron chi connectivity index (χ3n) is 5.10. The zero-order valence-electron chi connectivity index (χ0n) is 14.8. The number of hydrogen-bond donors (Lipinski definition) is 1. The second-order valence-electron chi connectivity index (χ2n) is 6.85. The first-order valence-electron chi connectivity index (χ1n) is 8.67. The molecule has 26 heavy (non-hydrogen) atoms. The lowest BCUT2D eigenvalue weighted by molar-refractivity contribution is -0.138. The van der Waals surface area contributed by atoms with Gasteiger partial charge in [0.15, 0.2) is 0 Å². The minimum absolute atomic E-state index is 0.0828. The van der Waals surface area contributed by atoms with E-state index in [0.717, 1.165) is 23.6 Å². The Morgan fingerprint density at radius 2 is 2.27 bits per heavy atom. The van der Waals surface area contributed by atoms with E-state index in [-0.39, 0.29) is 22.7 Å². The third-order valence-corrected chi connectivity index (χ3v) is 6.60. The standard InChI is InChI=1S/C18H21N5O2S/c1-12-19-7-8-22(12)15-9-13(4-6-20-15)10-21-17(25)14-11-26-18(2)5-3-16(24)23(14)18/h4,6-9,14H,3,5,10-11H2,1-2H3,(H,21,25)/t14-,18-/m1/s1. The van der Waals surface area contributed by atoms with Crippen LogP contribution in [0.25, 0.3) is 5.82 Å². The van der Waals surface area contributed by atoms with E-state index in [9.17, 15) is 9.59 Å². The van der Waals surface area contributed by atoms with Crippen LogP contribution in [0.15, 0.2) is 30.7 Å². The molecule has 0 unspecified atom stereocenters. The first-order valence-corrected chi connectivity index (χ1v) is 9.65. The number of rotatable bonds is 4. The molecule has 4 rings (SSSR count). The van der Waals surface area contributed by atoms with Gasteiger partial charge in [0.2, 0.25) is 11.8 Å². The molecule has 2 amide bonds. The lowest BCUT2D eigenvalue weighted by atomic mass is 10.2. The van der Waals surface area contributed by atoms with Crippen LogP contribution in [0.2, 0.25) is 0 Å². The summed E-state index contributed by atoms with van der Waals surface area (Å²) >= 11 is 1.70. The summed E-state index contributed by atoms with van der Waals surface area (Å²) in [5.41, 5.74) is 0.956. The lowest BCUT2D eigenvalue weighted by Gasteiger charge is -2.29. The fraction of sp³-hybridized carbons (Fsp3) is 0.444. The number of fused-ring (bicyclic) bond motifs is 1. The summed E-state index contributed by atoms with van der Waals surface area (Å²) in [4.78, 5) is 35.0. The number of aromatic nitrogens is 3. The van der Waals surface area contributed by atoms with Gasteiger partial charge in [0.1, 0.15) is 17.7 Å². The summed E-state index contributed by atoms with van der Waals surface area (Å²) in [6.07, 6.45) is 6.66. The van der Waals surface area contributed by atoms with E-state index < -0.39 is 0 Å². The van der Waals surface area contributed by atoms with Crippen LogP contribution >= 0.6 is 11.8 Å². The molecule has 8 heteroatoms. The number of hydrogen-bond acceptors (Lipinski definition) is 5. The minimum atomic E-state index is -0.378. The fourth-order valence-electron chi connectivity index (χ4n) is 3.64. The normalized spacial score (nSPS) is 24.8. The van der Waals surface area contributed by atoms with Gasteiger partial charge in [-0.1, -0.05) is 0 Å². The van der Waals surface area contributed by atoms with E-state index in [0.29, 0.717) is 18.7 Å². The number of amides is 2. The quantitative estimate of drug-likeness (QED) is 0.884. The molecule has 2 aromatic heterocycles. The van der Waals surface area contributed by atoms with Gasteiger partial charge in [-0.2, -0.15) is 0 Å². The molecule has 136 valence electrons. The molecule has 7 nitrogen and oxygen atoms in total. The maximum Gasteiger partial charge on any atom is 0.243 e. The van der Waals surface area contributed by atoms with Crippen molar-refractivity contribution >= 4 is 23.6 Å². The number of carbonyl (C=O) groups excluding carboxylic acids is 2. The molecule has 0 radical (unpaired) electrons. The first kappa shape index (κ1) is 17.1. The highest BCUT2D eigenvalue weighted by Gasteiger charge is 2.52. The summed E-state index contributed by atoms with van der Waals surface area (Å²) < 4.78 is 1.90. The van der Waals surface area contributed by atoms with Crippen molar-refractivity contribution in [2.75, 3.05) is 5.75 Å². The molecular formula is C18H21N5O2S.